The first-order chi connectivity index (χ1) is 10.6. The fourth-order valence-corrected chi connectivity index (χ4v) is 2.04. The van der Waals surface area contributed by atoms with Gasteiger partial charge in [-0.2, -0.15) is 5.10 Å². The lowest BCUT2D eigenvalue weighted by atomic mass is 10.2. The molecule has 22 heavy (non-hydrogen) atoms. The number of aryl methyl sites for hydroxylation is 1. The zero-order chi connectivity index (χ0) is 15.7. The first-order valence-corrected chi connectivity index (χ1v) is 6.52. The van der Waals surface area contributed by atoms with Crippen LogP contribution < -0.4 is 5.32 Å². The Kier molecular flexibility index (Phi) is 3.42. The molecule has 0 fully saturated rings. The maximum absolute atomic E-state index is 13.2. The lowest BCUT2D eigenvalue weighted by molar-refractivity contribution is 0.102. The van der Waals surface area contributed by atoms with Crippen LogP contribution in [0.15, 0.2) is 36.9 Å². The van der Waals surface area contributed by atoms with Crippen molar-refractivity contribution in [3.63, 3.8) is 0 Å². The standard InChI is InChI=1S/C14H13FN6O/c1-9-12(13(19-20(9)2)21-7-16-17-8-21)18-14(22)10-4-3-5-11(15)6-10/h3-8H,1-2H3,(H,18,22). The van der Waals surface area contributed by atoms with Gasteiger partial charge in [-0.3, -0.25) is 14.0 Å². The average molecular weight is 300 g/mol. The van der Waals surface area contributed by atoms with E-state index in [1.54, 1.807) is 22.4 Å². The minimum absolute atomic E-state index is 0.234. The normalized spacial score (nSPS) is 10.7. The first-order valence-electron chi connectivity index (χ1n) is 6.52. The number of aromatic nitrogens is 5. The van der Waals surface area contributed by atoms with Gasteiger partial charge in [-0.1, -0.05) is 6.07 Å². The fraction of sp³-hybridized carbons (Fsp3) is 0.143. The summed E-state index contributed by atoms with van der Waals surface area (Å²) < 4.78 is 16.5. The van der Waals surface area contributed by atoms with E-state index < -0.39 is 11.7 Å². The van der Waals surface area contributed by atoms with Crippen LogP contribution in [0.4, 0.5) is 10.1 Å². The SMILES string of the molecule is Cc1c(NC(=O)c2cccc(F)c2)c(-n2cnnc2)nn1C. The van der Waals surface area contributed by atoms with Crippen molar-refractivity contribution in [2.45, 2.75) is 6.92 Å². The molecule has 3 rings (SSSR count). The van der Waals surface area contributed by atoms with Crippen LogP contribution in [-0.2, 0) is 7.05 Å². The summed E-state index contributed by atoms with van der Waals surface area (Å²) in [6.07, 6.45) is 2.97. The number of amides is 1. The van der Waals surface area contributed by atoms with E-state index in [1.807, 2.05) is 6.92 Å². The molecule has 7 nitrogen and oxygen atoms in total. The second kappa shape index (κ2) is 5.40. The van der Waals surface area contributed by atoms with E-state index >= 15 is 0 Å². The lowest BCUT2D eigenvalue weighted by Crippen LogP contribution is -2.14. The third-order valence-electron chi connectivity index (χ3n) is 3.30. The number of hydrogen-bond acceptors (Lipinski definition) is 4. The number of halogens is 1. The van der Waals surface area contributed by atoms with Gasteiger partial charge in [0.25, 0.3) is 5.91 Å². The fourth-order valence-electron chi connectivity index (χ4n) is 2.04. The molecule has 3 aromatic rings. The van der Waals surface area contributed by atoms with Crippen LogP contribution in [0.2, 0.25) is 0 Å². The molecule has 0 bridgehead atoms. The molecule has 0 aliphatic rings. The molecule has 0 radical (unpaired) electrons. The van der Waals surface area contributed by atoms with Crippen molar-refractivity contribution in [2.75, 3.05) is 5.32 Å². The Morgan fingerprint density at radius 2 is 2.00 bits per heavy atom. The van der Waals surface area contributed by atoms with Gasteiger partial charge in [-0.25, -0.2) is 4.39 Å². The molecular formula is C14H13FN6O. The van der Waals surface area contributed by atoms with Crippen molar-refractivity contribution < 1.29 is 9.18 Å². The Hall–Kier alpha value is -3.03. The van der Waals surface area contributed by atoms with Crippen molar-refractivity contribution >= 4 is 11.6 Å². The molecule has 0 spiro atoms. The molecule has 1 aromatic carbocycles. The van der Waals surface area contributed by atoms with E-state index in [0.717, 1.165) is 5.69 Å². The number of carbonyl (C=O) groups is 1. The smallest absolute Gasteiger partial charge is 0.255 e. The Morgan fingerprint density at radius 3 is 2.68 bits per heavy atom. The maximum atomic E-state index is 13.2. The molecule has 112 valence electrons. The molecule has 0 saturated carbocycles. The van der Waals surface area contributed by atoms with Gasteiger partial charge in [-0.05, 0) is 25.1 Å². The van der Waals surface area contributed by atoms with Gasteiger partial charge >= 0.3 is 0 Å². The van der Waals surface area contributed by atoms with Gasteiger partial charge in [0.05, 0.1) is 5.69 Å². The molecule has 0 saturated heterocycles. The number of nitrogens with zero attached hydrogens (tertiary/aromatic N) is 5. The molecule has 0 aliphatic carbocycles. The highest BCUT2D eigenvalue weighted by atomic mass is 19.1. The van der Waals surface area contributed by atoms with E-state index in [0.29, 0.717) is 11.5 Å². The Morgan fingerprint density at radius 1 is 1.27 bits per heavy atom. The second-order valence-electron chi connectivity index (χ2n) is 4.74. The van der Waals surface area contributed by atoms with Crippen LogP contribution in [0.25, 0.3) is 5.82 Å². The Balaban J connectivity index is 1.97. The van der Waals surface area contributed by atoms with Crippen LogP contribution in [0.3, 0.4) is 0 Å². The van der Waals surface area contributed by atoms with Crippen LogP contribution in [-0.4, -0.2) is 30.5 Å². The molecule has 8 heteroatoms. The minimum Gasteiger partial charge on any atom is -0.317 e. The van der Waals surface area contributed by atoms with Gasteiger partial charge in [0, 0.05) is 12.6 Å². The molecule has 0 atom stereocenters. The lowest BCUT2D eigenvalue weighted by Gasteiger charge is -2.07. The van der Waals surface area contributed by atoms with Crippen LogP contribution in [0.5, 0.6) is 0 Å². The number of anilines is 1. The van der Waals surface area contributed by atoms with Crippen LogP contribution >= 0.6 is 0 Å². The molecule has 2 heterocycles. The minimum atomic E-state index is -0.463. The molecular weight excluding hydrogens is 287 g/mol. The van der Waals surface area contributed by atoms with E-state index in [2.05, 4.69) is 20.6 Å². The van der Waals surface area contributed by atoms with E-state index in [1.165, 1.54) is 30.9 Å². The Labute approximate surface area is 125 Å². The molecule has 1 N–H and O–H groups in total. The molecule has 0 unspecified atom stereocenters. The highest BCUT2D eigenvalue weighted by Crippen LogP contribution is 2.23. The number of benzene rings is 1. The van der Waals surface area contributed by atoms with Crippen molar-refractivity contribution in [3.05, 3.63) is 54.0 Å². The second-order valence-corrected chi connectivity index (χ2v) is 4.74. The van der Waals surface area contributed by atoms with Gasteiger partial charge in [0.1, 0.15) is 24.2 Å². The van der Waals surface area contributed by atoms with Crippen LogP contribution in [0, 0.1) is 12.7 Å². The van der Waals surface area contributed by atoms with E-state index in [4.69, 9.17) is 0 Å². The van der Waals surface area contributed by atoms with Crippen LogP contribution in [0.1, 0.15) is 16.1 Å². The summed E-state index contributed by atoms with van der Waals surface area (Å²) in [5.41, 5.74) is 1.52. The highest BCUT2D eigenvalue weighted by molar-refractivity contribution is 6.05. The summed E-state index contributed by atoms with van der Waals surface area (Å²) in [5, 5.41) is 14.6. The van der Waals surface area contributed by atoms with Crippen molar-refractivity contribution in [1.82, 2.24) is 24.5 Å². The largest absolute Gasteiger partial charge is 0.317 e. The summed E-state index contributed by atoms with van der Waals surface area (Å²) in [6, 6.07) is 5.50. The van der Waals surface area contributed by atoms with E-state index in [9.17, 15) is 9.18 Å². The summed E-state index contributed by atoms with van der Waals surface area (Å²) in [5.74, 6) is -0.380. The molecule has 2 aromatic heterocycles. The molecule has 1 amide bonds. The highest BCUT2D eigenvalue weighted by Gasteiger charge is 2.18. The quantitative estimate of drug-likeness (QED) is 0.798. The summed E-state index contributed by atoms with van der Waals surface area (Å²) >= 11 is 0. The molecule has 0 aliphatic heterocycles. The predicted octanol–water partition coefficient (Wildman–Crippen LogP) is 1.70. The summed E-state index contributed by atoms with van der Waals surface area (Å²) in [7, 11) is 1.76. The Bertz CT molecular complexity index is 824. The summed E-state index contributed by atoms with van der Waals surface area (Å²) in [4.78, 5) is 12.3. The zero-order valence-corrected chi connectivity index (χ0v) is 12.0. The van der Waals surface area contributed by atoms with Crippen molar-refractivity contribution in [1.29, 1.82) is 0 Å². The topological polar surface area (TPSA) is 77.6 Å². The van der Waals surface area contributed by atoms with Crippen molar-refractivity contribution in [2.24, 2.45) is 7.05 Å². The monoisotopic (exact) mass is 300 g/mol. The van der Waals surface area contributed by atoms with E-state index in [-0.39, 0.29) is 5.56 Å². The number of rotatable bonds is 3. The average Bonchev–Trinajstić information content (AvgIpc) is 3.11. The van der Waals surface area contributed by atoms with Gasteiger partial charge < -0.3 is 5.32 Å². The van der Waals surface area contributed by atoms with Gasteiger partial charge in [0.2, 0.25) is 0 Å². The predicted molar refractivity (Wildman–Crippen MR) is 77.2 cm³/mol. The number of hydrogen-bond donors (Lipinski definition) is 1. The zero-order valence-electron chi connectivity index (χ0n) is 12.0. The maximum Gasteiger partial charge on any atom is 0.255 e. The summed E-state index contributed by atoms with van der Waals surface area (Å²) in [6.45, 7) is 1.82. The third kappa shape index (κ3) is 2.46. The van der Waals surface area contributed by atoms with Gasteiger partial charge in [0.15, 0.2) is 5.82 Å². The number of nitrogens with one attached hydrogen (secondary N) is 1. The third-order valence-corrected chi connectivity index (χ3v) is 3.30. The number of carbonyl (C=O) groups excluding carboxylic acids is 1. The van der Waals surface area contributed by atoms with Gasteiger partial charge in [-0.15, -0.1) is 10.2 Å². The van der Waals surface area contributed by atoms with Crippen molar-refractivity contribution in [3.8, 4) is 5.82 Å². The first kappa shape index (κ1) is 13.9.